The van der Waals surface area contributed by atoms with Crippen molar-refractivity contribution in [1.82, 2.24) is 0 Å². The number of hydrogen-bond acceptors (Lipinski definition) is 8. The zero-order valence-electron chi connectivity index (χ0n) is 15.2. The third kappa shape index (κ3) is 9.49. The predicted octanol–water partition coefficient (Wildman–Crippen LogP) is 1.70. The first-order valence-electron chi connectivity index (χ1n) is 8.14. The van der Waals surface area contributed by atoms with E-state index in [-0.39, 0.29) is 18.8 Å². The molecule has 0 saturated carbocycles. The van der Waals surface area contributed by atoms with Gasteiger partial charge in [0.1, 0.15) is 0 Å². The Balaban J connectivity index is 4.33. The smallest absolute Gasteiger partial charge is 0.347 e. The van der Waals surface area contributed by atoms with E-state index in [1.807, 2.05) is 13.8 Å². The summed E-state index contributed by atoms with van der Waals surface area (Å²) in [6.07, 6.45) is -1.39. The maximum atomic E-state index is 11.8. The van der Waals surface area contributed by atoms with E-state index < -0.39 is 42.5 Å². The number of ether oxygens (including phenoxy) is 4. The Labute approximate surface area is 147 Å². The number of carbonyl (C=O) groups is 4. The highest BCUT2D eigenvalue weighted by Crippen LogP contribution is 2.08. The molecule has 0 aromatic rings. The zero-order valence-corrected chi connectivity index (χ0v) is 15.2. The van der Waals surface area contributed by atoms with Crippen molar-refractivity contribution in [2.24, 2.45) is 0 Å². The van der Waals surface area contributed by atoms with E-state index in [9.17, 15) is 19.2 Å². The highest BCUT2D eigenvalue weighted by Gasteiger charge is 2.24. The van der Waals surface area contributed by atoms with Gasteiger partial charge in [-0.2, -0.15) is 0 Å². The molecule has 0 amide bonds. The van der Waals surface area contributed by atoms with Crippen molar-refractivity contribution >= 4 is 23.9 Å². The molecule has 0 aliphatic heterocycles. The summed E-state index contributed by atoms with van der Waals surface area (Å²) in [5, 5.41) is 0. The Morgan fingerprint density at radius 3 is 1.72 bits per heavy atom. The summed E-state index contributed by atoms with van der Waals surface area (Å²) in [6.45, 7) is 10.3. The summed E-state index contributed by atoms with van der Waals surface area (Å²) in [5.41, 5.74) is -0.200. The second-order valence-electron chi connectivity index (χ2n) is 5.29. The van der Waals surface area contributed by atoms with Crippen LogP contribution in [0.25, 0.3) is 0 Å². The predicted molar refractivity (Wildman–Crippen MR) is 87.4 cm³/mol. The molecule has 8 heteroatoms. The first-order valence-corrected chi connectivity index (χ1v) is 8.14. The van der Waals surface area contributed by atoms with Crippen LogP contribution in [-0.4, -0.2) is 49.3 Å². The van der Waals surface area contributed by atoms with Gasteiger partial charge >= 0.3 is 23.9 Å². The molecule has 0 aromatic heterocycles. The molecule has 2 unspecified atom stereocenters. The van der Waals surface area contributed by atoms with Gasteiger partial charge in [-0.3, -0.25) is 4.79 Å². The fourth-order valence-electron chi connectivity index (χ4n) is 1.47. The summed E-state index contributed by atoms with van der Waals surface area (Å²) in [5.74, 6) is -3.10. The molecular formula is C17H26O8. The largest absolute Gasteiger partial charge is 0.463 e. The van der Waals surface area contributed by atoms with E-state index in [4.69, 9.17) is 18.9 Å². The maximum Gasteiger partial charge on any atom is 0.347 e. The molecule has 0 aliphatic rings. The first kappa shape index (κ1) is 22.6. The third-order valence-electron chi connectivity index (χ3n) is 2.80. The maximum absolute atomic E-state index is 11.8. The van der Waals surface area contributed by atoms with E-state index in [2.05, 4.69) is 6.58 Å². The van der Waals surface area contributed by atoms with Gasteiger partial charge in [-0.25, -0.2) is 14.4 Å². The molecule has 0 spiro atoms. The van der Waals surface area contributed by atoms with Gasteiger partial charge in [-0.15, -0.1) is 0 Å². The standard InChI is InChI=1S/C17H26O8/c1-6-8-22-16(20)12(4)24-14(18)10-11(3)15(19)25-13(5)17(21)23-9-7-2/h12-13H,3,6-10H2,1-2,4-5H3. The Kier molecular flexibility index (Phi) is 10.9. The van der Waals surface area contributed by atoms with Crippen LogP contribution in [0.2, 0.25) is 0 Å². The van der Waals surface area contributed by atoms with Crippen LogP contribution in [0, 0.1) is 0 Å². The number of hydrogen-bond donors (Lipinski definition) is 0. The van der Waals surface area contributed by atoms with Crippen molar-refractivity contribution in [3.8, 4) is 0 Å². The lowest BCUT2D eigenvalue weighted by Gasteiger charge is -2.14. The minimum absolute atomic E-state index is 0.200. The van der Waals surface area contributed by atoms with E-state index in [1.165, 1.54) is 13.8 Å². The van der Waals surface area contributed by atoms with Crippen LogP contribution in [0.1, 0.15) is 47.0 Å². The lowest BCUT2D eigenvalue weighted by Crippen LogP contribution is -2.29. The van der Waals surface area contributed by atoms with Crippen LogP contribution in [0.3, 0.4) is 0 Å². The molecule has 0 aromatic carbocycles. The number of carbonyl (C=O) groups excluding carboxylic acids is 4. The van der Waals surface area contributed by atoms with Crippen molar-refractivity contribution < 1.29 is 38.1 Å². The van der Waals surface area contributed by atoms with Gasteiger partial charge in [-0.05, 0) is 26.7 Å². The van der Waals surface area contributed by atoms with E-state index >= 15 is 0 Å². The molecule has 8 nitrogen and oxygen atoms in total. The number of rotatable bonds is 11. The quantitative estimate of drug-likeness (QED) is 0.312. The Morgan fingerprint density at radius 1 is 0.840 bits per heavy atom. The normalized spacial score (nSPS) is 12.5. The second-order valence-corrected chi connectivity index (χ2v) is 5.29. The van der Waals surface area contributed by atoms with Crippen LogP contribution >= 0.6 is 0 Å². The first-order chi connectivity index (χ1) is 11.7. The fraction of sp³-hybridized carbons (Fsp3) is 0.647. The van der Waals surface area contributed by atoms with Gasteiger partial charge in [0, 0.05) is 5.57 Å². The van der Waals surface area contributed by atoms with Gasteiger partial charge in [0.25, 0.3) is 0 Å². The molecule has 0 N–H and O–H groups in total. The third-order valence-corrected chi connectivity index (χ3v) is 2.80. The average molecular weight is 358 g/mol. The molecule has 0 fully saturated rings. The van der Waals surface area contributed by atoms with Gasteiger partial charge in [0.2, 0.25) is 0 Å². The highest BCUT2D eigenvalue weighted by atomic mass is 16.6. The second kappa shape index (κ2) is 12.0. The van der Waals surface area contributed by atoms with Crippen molar-refractivity contribution in [2.75, 3.05) is 13.2 Å². The Bertz CT molecular complexity index is 497. The lowest BCUT2D eigenvalue weighted by atomic mass is 10.2. The Morgan fingerprint density at radius 2 is 1.28 bits per heavy atom. The molecule has 2 atom stereocenters. The van der Waals surface area contributed by atoms with Gasteiger partial charge in [0.05, 0.1) is 19.6 Å². The fourth-order valence-corrected chi connectivity index (χ4v) is 1.47. The number of esters is 4. The van der Waals surface area contributed by atoms with Gasteiger partial charge in [-0.1, -0.05) is 20.4 Å². The lowest BCUT2D eigenvalue weighted by molar-refractivity contribution is -0.167. The monoisotopic (exact) mass is 358 g/mol. The summed E-state index contributed by atoms with van der Waals surface area (Å²) in [6, 6.07) is 0. The zero-order chi connectivity index (χ0) is 19.4. The van der Waals surface area contributed by atoms with Gasteiger partial charge in [0.15, 0.2) is 12.2 Å². The average Bonchev–Trinajstić information content (AvgIpc) is 2.56. The summed E-state index contributed by atoms with van der Waals surface area (Å²) in [7, 11) is 0. The molecule has 0 heterocycles. The minimum atomic E-state index is -1.12. The van der Waals surface area contributed by atoms with E-state index in [0.717, 1.165) is 0 Å². The molecule has 0 radical (unpaired) electrons. The van der Waals surface area contributed by atoms with Crippen LogP contribution < -0.4 is 0 Å². The summed E-state index contributed by atoms with van der Waals surface area (Å²) in [4.78, 5) is 46.5. The van der Waals surface area contributed by atoms with Crippen LogP contribution in [0.15, 0.2) is 12.2 Å². The Hall–Kier alpha value is -2.38. The molecular weight excluding hydrogens is 332 g/mol. The molecule has 0 rings (SSSR count). The van der Waals surface area contributed by atoms with Crippen molar-refractivity contribution in [1.29, 1.82) is 0 Å². The van der Waals surface area contributed by atoms with Crippen molar-refractivity contribution in [3.63, 3.8) is 0 Å². The topological polar surface area (TPSA) is 105 Å². The van der Waals surface area contributed by atoms with Crippen molar-refractivity contribution in [3.05, 3.63) is 12.2 Å². The van der Waals surface area contributed by atoms with Gasteiger partial charge < -0.3 is 18.9 Å². The molecule has 142 valence electrons. The molecule has 25 heavy (non-hydrogen) atoms. The molecule has 0 saturated heterocycles. The molecule has 0 aliphatic carbocycles. The highest BCUT2D eigenvalue weighted by molar-refractivity contribution is 5.95. The van der Waals surface area contributed by atoms with E-state index in [0.29, 0.717) is 12.8 Å². The van der Waals surface area contributed by atoms with Crippen LogP contribution in [0.4, 0.5) is 0 Å². The SMILES string of the molecule is C=C(CC(=O)OC(C)C(=O)OCCC)C(=O)OC(C)C(=O)OCCC. The summed E-state index contributed by atoms with van der Waals surface area (Å²) >= 11 is 0. The summed E-state index contributed by atoms with van der Waals surface area (Å²) < 4.78 is 19.4. The minimum Gasteiger partial charge on any atom is -0.463 e. The van der Waals surface area contributed by atoms with Crippen molar-refractivity contribution in [2.45, 2.75) is 59.2 Å². The van der Waals surface area contributed by atoms with E-state index in [1.54, 1.807) is 0 Å². The van der Waals surface area contributed by atoms with Crippen LogP contribution in [-0.2, 0) is 38.1 Å². The van der Waals surface area contributed by atoms with Crippen LogP contribution in [0.5, 0.6) is 0 Å². The molecule has 0 bridgehead atoms.